The van der Waals surface area contributed by atoms with Crippen LogP contribution in [0.1, 0.15) is 16.8 Å². The summed E-state index contributed by atoms with van der Waals surface area (Å²) in [6.07, 6.45) is 7.27. The van der Waals surface area contributed by atoms with Gasteiger partial charge in [0.1, 0.15) is 12.4 Å². The van der Waals surface area contributed by atoms with E-state index in [-0.39, 0.29) is 0 Å². The highest BCUT2D eigenvalue weighted by Crippen LogP contribution is 2.27. The number of rotatable bonds is 3. The van der Waals surface area contributed by atoms with Crippen LogP contribution in [0.2, 0.25) is 0 Å². The summed E-state index contributed by atoms with van der Waals surface area (Å²) in [4.78, 5) is 11.5. The Hall–Kier alpha value is -1.85. The van der Waals surface area contributed by atoms with Gasteiger partial charge in [0.25, 0.3) is 0 Å². The zero-order valence-corrected chi connectivity index (χ0v) is 14.0. The molecule has 5 heteroatoms. The molecule has 0 amide bonds. The van der Waals surface area contributed by atoms with Gasteiger partial charge in [-0.2, -0.15) is 0 Å². The van der Waals surface area contributed by atoms with Crippen molar-refractivity contribution in [2.45, 2.75) is 18.1 Å². The fourth-order valence-corrected chi connectivity index (χ4v) is 3.49. The molecule has 0 bridgehead atoms. The summed E-state index contributed by atoms with van der Waals surface area (Å²) >= 11 is 1.60. The van der Waals surface area contributed by atoms with Gasteiger partial charge in [0.2, 0.25) is 0 Å². The Bertz CT molecular complexity index is 760. The Morgan fingerprint density at radius 3 is 3.13 bits per heavy atom. The van der Waals surface area contributed by atoms with Gasteiger partial charge >= 0.3 is 0 Å². The molecule has 118 valence electrons. The van der Waals surface area contributed by atoms with Crippen molar-refractivity contribution in [3.63, 3.8) is 0 Å². The highest BCUT2D eigenvalue weighted by molar-refractivity contribution is 7.98. The Morgan fingerprint density at radius 1 is 1.30 bits per heavy atom. The first kappa shape index (κ1) is 14.7. The van der Waals surface area contributed by atoms with E-state index >= 15 is 0 Å². The van der Waals surface area contributed by atoms with Crippen molar-refractivity contribution in [3.05, 3.63) is 52.9 Å². The highest BCUT2D eigenvalue weighted by atomic mass is 32.2. The highest BCUT2D eigenvalue weighted by Gasteiger charge is 2.20. The average Bonchev–Trinajstić information content (AvgIpc) is 2.61. The van der Waals surface area contributed by atoms with Crippen LogP contribution in [0.25, 0.3) is 6.08 Å². The van der Waals surface area contributed by atoms with Crippen molar-refractivity contribution >= 4 is 17.8 Å². The van der Waals surface area contributed by atoms with Gasteiger partial charge in [0.15, 0.2) is 5.16 Å². The maximum atomic E-state index is 5.85. The normalized spacial score (nSPS) is 17.0. The number of benzene rings is 1. The Balaban J connectivity index is 1.48. The van der Waals surface area contributed by atoms with E-state index in [9.17, 15) is 0 Å². The van der Waals surface area contributed by atoms with Crippen LogP contribution in [-0.2, 0) is 13.0 Å². The van der Waals surface area contributed by atoms with Crippen LogP contribution in [0, 0.1) is 0 Å². The van der Waals surface area contributed by atoms with Crippen LogP contribution in [0.3, 0.4) is 0 Å². The fourth-order valence-electron chi connectivity index (χ4n) is 3.13. The second-order valence-electron chi connectivity index (χ2n) is 5.92. The Labute approximate surface area is 140 Å². The summed E-state index contributed by atoms with van der Waals surface area (Å²) in [5.74, 6) is 0.984. The van der Waals surface area contributed by atoms with E-state index in [1.807, 2.05) is 24.6 Å². The van der Waals surface area contributed by atoms with E-state index in [0.717, 1.165) is 37.0 Å². The number of nitrogens with zero attached hydrogens (tertiary/aromatic N) is 3. The van der Waals surface area contributed by atoms with Gasteiger partial charge in [0, 0.05) is 43.4 Å². The smallest absolute Gasteiger partial charge is 0.187 e. The SMILES string of the molecule is CSc1ncc2c(n1)CCN(CC1=Cc3ccccc3OC1)C2. The zero-order valence-electron chi connectivity index (χ0n) is 13.2. The molecule has 0 N–H and O–H groups in total. The van der Waals surface area contributed by atoms with Crippen molar-refractivity contribution in [2.24, 2.45) is 0 Å². The summed E-state index contributed by atoms with van der Waals surface area (Å²) in [5, 5.41) is 0.872. The zero-order chi connectivity index (χ0) is 15.6. The van der Waals surface area contributed by atoms with E-state index in [1.54, 1.807) is 11.8 Å². The molecule has 4 rings (SSSR count). The number of hydrogen-bond donors (Lipinski definition) is 0. The number of aromatic nitrogens is 2. The largest absolute Gasteiger partial charge is 0.489 e. The molecule has 4 nitrogen and oxygen atoms in total. The molecule has 0 fully saturated rings. The molecule has 3 heterocycles. The maximum absolute atomic E-state index is 5.85. The molecule has 0 saturated carbocycles. The van der Waals surface area contributed by atoms with Crippen LogP contribution < -0.4 is 4.74 Å². The van der Waals surface area contributed by atoms with Gasteiger partial charge < -0.3 is 4.74 Å². The van der Waals surface area contributed by atoms with Crippen LogP contribution in [0.5, 0.6) is 5.75 Å². The van der Waals surface area contributed by atoms with Crippen molar-refractivity contribution in [1.29, 1.82) is 0 Å². The maximum Gasteiger partial charge on any atom is 0.187 e. The van der Waals surface area contributed by atoms with Gasteiger partial charge in [-0.25, -0.2) is 9.97 Å². The molecule has 1 aromatic heterocycles. The summed E-state index contributed by atoms with van der Waals surface area (Å²) in [6.45, 7) is 3.58. The molecule has 2 aliphatic heterocycles. The van der Waals surface area contributed by atoms with Crippen molar-refractivity contribution < 1.29 is 4.74 Å². The molecule has 2 aromatic rings. The summed E-state index contributed by atoms with van der Waals surface area (Å²) in [5.41, 5.74) is 4.97. The Kier molecular flexibility index (Phi) is 4.06. The molecule has 2 aliphatic rings. The minimum Gasteiger partial charge on any atom is -0.489 e. The quantitative estimate of drug-likeness (QED) is 0.640. The van der Waals surface area contributed by atoms with Crippen LogP contribution in [-0.4, -0.2) is 40.8 Å². The first-order valence-corrected chi connectivity index (χ1v) is 9.07. The van der Waals surface area contributed by atoms with Gasteiger partial charge in [-0.15, -0.1) is 0 Å². The molecule has 23 heavy (non-hydrogen) atoms. The lowest BCUT2D eigenvalue weighted by Crippen LogP contribution is -2.34. The molecule has 0 spiro atoms. The third kappa shape index (κ3) is 3.12. The predicted octanol–water partition coefficient (Wildman–Crippen LogP) is 3.03. The van der Waals surface area contributed by atoms with E-state index in [1.165, 1.54) is 22.4 Å². The first-order valence-electron chi connectivity index (χ1n) is 7.84. The van der Waals surface area contributed by atoms with Crippen LogP contribution in [0.15, 0.2) is 41.2 Å². The number of para-hydroxylation sites is 1. The Morgan fingerprint density at radius 2 is 2.22 bits per heavy atom. The topological polar surface area (TPSA) is 38.2 Å². The fraction of sp³-hybridized carbons (Fsp3) is 0.333. The lowest BCUT2D eigenvalue weighted by molar-refractivity contribution is 0.254. The monoisotopic (exact) mass is 325 g/mol. The average molecular weight is 325 g/mol. The minimum atomic E-state index is 0.683. The number of thioether (sulfide) groups is 1. The predicted molar refractivity (Wildman–Crippen MR) is 92.7 cm³/mol. The molecular weight excluding hydrogens is 306 g/mol. The van der Waals surface area contributed by atoms with Gasteiger partial charge in [-0.05, 0) is 24.0 Å². The van der Waals surface area contributed by atoms with E-state index < -0.39 is 0 Å². The lowest BCUT2D eigenvalue weighted by Gasteiger charge is -2.29. The van der Waals surface area contributed by atoms with Crippen molar-refractivity contribution in [3.8, 4) is 5.75 Å². The van der Waals surface area contributed by atoms with Gasteiger partial charge in [-0.3, -0.25) is 4.90 Å². The van der Waals surface area contributed by atoms with E-state index in [2.05, 4.69) is 33.1 Å². The molecule has 0 atom stereocenters. The molecule has 1 aromatic carbocycles. The van der Waals surface area contributed by atoms with Gasteiger partial charge in [-0.1, -0.05) is 30.0 Å². The first-order chi connectivity index (χ1) is 11.3. The van der Waals surface area contributed by atoms with Crippen LogP contribution >= 0.6 is 11.8 Å². The molecule has 0 unspecified atom stereocenters. The number of hydrogen-bond acceptors (Lipinski definition) is 5. The van der Waals surface area contributed by atoms with E-state index in [4.69, 9.17) is 4.74 Å². The molecule has 0 radical (unpaired) electrons. The minimum absolute atomic E-state index is 0.683. The molecule has 0 saturated heterocycles. The summed E-state index contributed by atoms with van der Waals surface area (Å²) in [7, 11) is 0. The summed E-state index contributed by atoms with van der Waals surface area (Å²) in [6, 6.07) is 8.21. The van der Waals surface area contributed by atoms with Crippen molar-refractivity contribution in [2.75, 3.05) is 26.0 Å². The third-order valence-electron chi connectivity index (χ3n) is 4.29. The number of fused-ring (bicyclic) bond motifs is 2. The molecule has 0 aliphatic carbocycles. The second-order valence-corrected chi connectivity index (χ2v) is 6.69. The van der Waals surface area contributed by atoms with E-state index in [0.29, 0.717) is 6.61 Å². The van der Waals surface area contributed by atoms with Crippen molar-refractivity contribution in [1.82, 2.24) is 14.9 Å². The third-order valence-corrected chi connectivity index (χ3v) is 4.85. The summed E-state index contributed by atoms with van der Waals surface area (Å²) < 4.78 is 5.85. The van der Waals surface area contributed by atoms with Crippen LogP contribution in [0.4, 0.5) is 0 Å². The second kappa shape index (κ2) is 6.34. The number of ether oxygens (including phenoxy) is 1. The molecular formula is C18H19N3OS. The van der Waals surface area contributed by atoms with Gasteiger partial charge in [0.05, 0.1) is 5.69 Å². The standard InChI is InChI=1S/C18H19N3OS/c1-23-18-19-9-15-11-21(7-6-16(15)20-18)10-13-8-14-4-2-3-5-17(14)22-12-13/h2-5,8-9H,6-7,10-12H2,1H3. The lowest BCUT2D eigenvalue weighted by atomic mass is 10.0.